The summed E-state index contributed by atoms with van der Waals surface area (Å²) in [4.78, 5) is 27.1. The summed E-state index contributed by atoms with van der Waals surface area (Å²) >= 11 is 0. The van der Waals surface area contributed by atoms with E-state index in [1.165, 1.54) is 36.9 Å². The van der Waals surface area contributed by atoms with E-state index in [9.17, 15) is 40.5 Å². The lowest BCUT2D eigenvalue weighted by Crippen LogP contribution is -2.34. The second-order valence-corrected chi connectivity index (χ2v) is 9.10. The summed E-state index contributed by atoms with van der Waals surface area (Å²) in [6.45, 7) is 0. The molecule has 1 aliphatic heterocycles. The number of carbonyl (C=O) groups excluding carboxylic acids is 1. The van der Waals surface area contributed by atoms with E-state index < -0.39 is 41.2 Å². The largest absolute Gasteiger partial charge is 0.508 e. The van der Waals surface area contributed by atoms with Crippen molar-refractivity contribution in [3.05, 3.63) is 71.8 Å². The number of nitrogens with zero attached hydrogens (tertiary/aromatic N) is 3. The summed E-state index contributed by atoms with van der Waals surface area (Å²) in [5.41, 5.74) is 7.10. The fraction of sp³-hybridized carbons (Fsp3) is 0.111. The average molecular weight is 578 g/mol. The fourth-order valence-corrected chi connectivity index (χ4v) is 4.26. The Labute approximate surface area is 235 Å². The molecule has 15 nitrogen and oxygen atoms in total. The van der Waals surface area contributed by atoms with Gasteiger partial charge >= 0.3 is 5.97 Å². The quantitative estimate of drug-likeness (QED) is 0.110. The van der Waals surface area contributed by atoms with Crippen molar-refractivity contribution in [2.45, 2.75) is 18.6 Å². The highest BCUT2D eigenvalue weighted by Gasteiger charge is 2.37. The molecule has 0 aliphatic carbocycles. The predicted molar refractivity (Wildman–Crippen MR) is 143 cm³/mol. The van der Waals surface area contributed by atoms with Gasteiger partial charge in [-0.2, -0.15) is 0 Å². The first-order chi connectivity index (χ1) is 20.0. The predicted octanol–water partition coefficient (Wildman–Crippen LogP) is 2.46. The lowest BCUT2D eigenvalue weighted by atomic mass is 9.93. The Bertz CT molecular complexity index is 1790. The number of hydrogen-bond acceptors (Lipinski definition) is 14. The summed E-state index contributed by atoms with van der Waals surface area (Å²) in [6.07, 6.45) is 0.801. The number of hydrogen-bond donors (Lipinski definition) is 9. The van der Waals surface area contributed by atoms with Crippen molar-refractivity contribution in [3.8, 4) is 46.0 Å². The number of rotatable bonds is 3. The van der Waals surface area contributed by atoms with Crippen molar-refractivity contribution in [3.63, 3.8) is 0 Å². The van der Waals surface area contributed by atoms with E-state index in [-0.39, 0.29) is 40.5 Å². The number of aromatic amines is 1. The van der Waals surface area contributed by atoms with E-state index in [0.29, 0.717) is 22.5 Å². The van der Waals surface area contributed by atoms with Gasteiger partial charge in [0.2, 0.25) is 0 Å². The van der Waals surface area contributed by atoms with Crippen molar-refractivity contribution >= 4 is 23.0 Å². The maximum atomic E-state index is 12.7. The zero-order chi connectivity index (χ0) is 30.1. The molecule has 3 aromatic carbocycles. The van der Waals surface area contributed by atoms with E-state index in [1.54, 1.807) is 0 Å². The number of anilines is 1. The second kappa shape index (κ2) is 10.8. The first-order valence-corrected chi connectivity index (χ1v) is 12.1. The molecule has 2 aromatic heterocycles. The highest BCUT2D eigenvalue weighted by molar-refractivity contribution is 5.91. The first kappa shape index (κ1) is 27.4. The van der Waals surface area contributed by atoms with Crippen LogP contribution in [0.2, 0.25) is 0 Å². The Morgan fingerprint density at radius 2 is 1.62 bits per heavy atom. The van der Waals surface area contributed by atoms with Gasteiger partial charge in [0.25, 0.3) is 0 Å². The van der Waals surface area contributed by atoms with Crippen molar-refractivity contribution in [2.24, 2.45) is 0 Å². The van der Waals surface area contributed by atoms with Gasteiger partial charge < -0.3 is 55.9 Å². The minimum Gasteiger partial charge on any atom is -0.508 e. The monoisotopic (exact) mass is 577 g/mol. The van der Waals surface area contributed by atoms with Crippen LogP contribution < -0.4 is 10.5 Å². The number of nitrogen functional groups attached to an aromatic ring is 1. The molecule has 0 fully saturated rings. The van der Waals surface area contributed by atoms with Gasteiger partial charge in [0, 0.05) is 29.7 Å². The molecule has 216 valence electrons. The second-order valence-electron chi connectivity index (χ2n) is 9.10. The standard InChI is InChI=1S/C22H18O10.C5H5N5/c23-11-6-14(25)12-8-19(32-22(30)10-4-16(27)20(29)17(28)5-10)21(31-18(12)7-11)9-1-2-13(24)15(26)3-9;6-4-3-5(9-1-7-3)10-2-8-4/h1-7,19,21,23-29H,8H2;1-2H,(H3,6,7,8,9,10). The average Bonchev–Trinajstić information content (AvgIpc) is 3.44. The molecule has 0 radical (unpaired) electrons. The normalized spacial score (nSPS) is 15.6. The molecule has 2 atom stereocenters. The summed E-state index contributed by atoms with van der Waals surface area (Å²) in [5.74, 6) is -4.00. The molecule has 0 amide bonds. The lowest BCUT2D eigenvalue weighted by molar-refractivity contribution is -0.0189. The molecule has 0 saturated heterocycles. The third kappa shape index (κ3) is 5.33. The van der Waals surface area contributed by atoms with Gasteiger partial charge in [0.05, 0.1) is 11.9 Å². The van der Waals surface area contributed by atoms with Gasteiger partial charge in [0.15, 0.2) is 46.3 Å². The highest BCUT2D eigenvalue weighted by Crippen LogP contribution is 2.44. The lowest BCUT2D eigenvalue weighted by Gasteiger charge is -2.34. The number of nitrogens with one attached hydrogen (secondary N) is 1. The van der Waals surface area contributed by atoms with Crippen LogP contribution in [0.15, 0.2) is 55.1 Å². The molecule has 5 aromatic rings. The fourth-order valence-electron chi connectivity index (χ4n) is 4.26. The minimum absolute atomic E-state index is 0.0461. The van der Waals surface area contributed by atoms with E-state index in [2.05, 4.69) is 19.9 Å². The van der Waals surface area contributed by atoms with Crippen LogP contribution in [0.5, 0.6) is 46.0 Å². The topological polar surface area (TPSA) is 258 Å². The number of H-pyrrole nitrogens is 1. The Hall–Kier alpha value is -6.12. The van der Waals surface area contributed by atoms with Crippen molar-refractivity contribution in [1.82, 2.24) is 19.9 Å². The molecule has 0 spiro atoms. The van der Waals surface area contributed by atoms with Gasteiger partial charge in [-0.05, 0) is 24.3 Å². The minimum atomic E-state index is -1.06. The number of carbonyl (C=O) groups is 1. The Morgan fingerprint density at radius 1 is 0.881 bits per heavy atom. The first-order valence-electron chi connectivity index (χ1n) is 12.1. The molecule has 15 heteroatoms. The van der Waals surface area contributed by atoms with Crippen LogP contribution in [0, 0.1) is 0 Å². The third-order valence-electron chi connectivity index (χ3n) is 6.31. The number of ether oxygens (including phenoxy) is 2. The van der Waals surface area contributed by atoms with Gasteiger partial charge in [-0.1, -0.05) is 6.07 Å². The zero-order valence-corrected chi connectivity index (χ0v) is 21.3. The van der Waals surface area contributed by atoms with Gasteiger partial charge in [0.1, 0.15) is 35.2 Å². The van der Waals surface area contributed by atoms with Crippen LogP contribution in [0.25, 0.3) is 11.2 Å². The van der Waals surface area contributed by atoms with Crippen LogP contribution >= 0.6 is 0 Å². The van der Waals surface area contributed by atoms with Crippen molar-refractivity contribution < 1.29 is 50.0 Å². The Balaban J connectivity index is 0.000000295. The molecule has 1 aliphatic rings. The maximum Gasteiger partial charge on any atom is 0.338 e. The molecule has 0 saturated carbocycles. The van der Waals surface area contributed by atoms with Gasteiger partial charge in [-0.15, -0.1) is 0 Å². The molecule has 42 heavy (non-hydrogen) atoms. The maximum absolute atomic E-state index is 12.7. The molecular formula is C27H23N5O10. The number of fused-ring (bicyclic) bond motifs is 2. The van der Waals surface area contributed by atoms with Gasteiger partial charge in [-0.25, -0.2) is 19.7 Å². The summed E-state index contributed by atoms with van der Waals surface area (Å²) in [6, 6.07) is 8.07. The molecule has 0 bridgehead atoms. The number of aromatic nitrogens is 4. The molecule has 6 rings (SSSR count). The summed E-state index contributed by atoms with van der Waals surface area (Å²) in [7, 11) is 0. The van der Waals surface area contributed by atoms with E-state index in [0.717, 1.165) is 18.2 Å². The van der Waals surface area contributed by atoms with Crippen molar-refractivity contribution in [2.75, 3.05) is 5.73 Å². The third-order valence-corrected chi connectivity index (χ3v) is 6.31. The Kier molecular flexibility index (Phi) is 7.06. The summed E-state index contributed by atoms with van der Waals surface area (Å²) < 4.78 is 11.4. The SMILES string of the molecule is Nc1ncnc2nc[nH]c12.O=C(OC1Cc2c(O)cc(O)cc2OC1c1ccc(O)c(O)c1)c1cc(O)c(O)c(O)c1. The van der Waals surface area contributed by atoms with Crippen LogP contribution in [-0.2, 0) is 11.2 Å². The Morgan fingerprint density at radius 3 is 2.31 bits per heavy atom. The van der Waals surface area contributed by atoms with Crippen LogP contribution in [0.3, 0.4) is 0 Å². The molecule has 10 N–H and O–H groups in total. The zero-order valence-electron chi connectivity index (χ0n) is 21.3. The number of nitrogens with two attached hydrogens (primary N) is 1. The van der Waals surface area contributed by atoms with Crippen LogP contribution in [-0.4, -0.2) is 67.8 Å². The number of aromatic hydroxyl groups is 7. The van der Waals surface area contributed by atoms with E-state index >= 15 is 0 Å². The molecule has 2 unspecified atom stereocenters. The number of esters is 1. The van der Waals surface area contributed by atoms with Gasteiger partial charge in [-0.3, -0.25) is 0 Å². The highest BCUT2D eigenvalue weighted by atomic mass is 16.6. The van der Waals surface area contributed by atoms with Crippen molar-refractivity contribution in [1.29, 1.82) is 0 Å². The summed E-state index contributed by atoms with van der Waals surface area (Å²) in [5, 5.41) is 68.2. The van der Waals surface area contributed by atoms with Crippen LogP contribution in [0.1, 0.15) is 27.6 Å². The number of benzene rings is 3. The number of phenolic OH excluding ortho intramolecular Hbond substituents is 7. The molecular weight excluding hydrogens is 554 g/mol. The number of imidazole rings is 1. The van der Waals surface area contributed by atoms with Crippen LogP contribution in [0.4, 0.5) is 5.82 Å². The smallest absolute Gasteiger partial charge is 0.338 e. The van der Waals surface area contributed by atoms with E-state index in [4.69, 9.17) is 15.2 Å². The number of phenols is 7. The van der Waals surface area contributed by atoms with E-state index in [1.807, 2.05) is 0 Å². The molecule has 3 heterocycles.